The van der Waals surface area contributed by atoms with Gasteiger partial charge in [0.2, 0.25) is 0 Å². The third-order valence-electron chi connectivity index (χ3n) is 2.34. The minimum atomic E-state index is -0.219. The third kappa shape index (κ3) is 2.39. The molecule has 0 bridgehead atoms. The highest BCUT2D eigenvalue weighted by molar-refractivity contribution is 6.04. The van der Waals surface area contributed by atoms with E-state index in [1.165, 1.54) is 23.5 Å². The Balaban J connectivity index is 2.27. The molecule has 0 radical (unpaired) electrons. The molecule has 2 aromatic rings. The molecule has 1 aromatic carbocycles. The van der Waals surface area contributed by atoms with Crippen molar-refractivity contribution in [2.75, 3.05) is 17.7 Å². The van der Waals surface area contributed by atoms with Gasteiger partial charge in [0.15, 0.2) is 0 Å². The van der Waals surface area contributed by atoms with Crippen molar-refractivity contribution >= 4 is 17.3 Å². The molecule has 1 heterocycles. The van der Waals surface area contributed by atoms with E-state index in [1.54, 1.807) is 25.2 Å². The van der Waals surface area contributed by atoms with Crippen LogP contribution < -0.4 is 10.6 Å². The largest absolute Gasteiger partial charge is 0.399 e. The fourth-order valence-electron chi connectivity index (χ4n) is 1.43. The van der Waals surface area contributed by atoms with Crippen LogP contribution in [-0.4, -0.2) is 22.9 Å². The average molecular weight is 228 g/mol. The summed E-state index contributed by atoms with van der Waals surface area (Å²) in [6.07, 6.45) is 4.45. The van der Waals surface area contributed by atoms with Crippen molar-refractivity contribution < 1.29 is 4.79 Å². The first kappa shape index (κ1) is 11.1. The van der Waals surface area contributed by atoms with Crippen molar-refractivity contribution in [3.8, 4) is 0 Å². The van der Waals surface area contributed by atoms with Crippen LogP contribution in [0.4, 0.5) is 11.4 Å². The van der Waals surface area contributed by atoms with Gasteiger partial charge in [0, 0.05) is 30.8 Å². The van der Waals surface area contributed by atoms with Gasteiger partial charge >= 0.3 is 0 Å². The fourth-order valence-corrected chi connectivity index (χ4v) is 1.43. The molecule has 0 aliphatic heterocycles. The van der Waals surface area contributed by atoms with E-state index < -0.39 is 0 Å². The number of hydrogen-bond acceptors (Lipinski definition) is 4. The highest BCUT2D eigenvalue weighted by atomic mass is 16.2. The lowest BCUT2D eigenvalue weighted by Gasteiger charge is -2.16. The minimum absolute atomic E-state index is 0.219. The van der Waals surface area contributed by atoms with Crippen LogP contribution in [0.3, 0.4) is 0 Å². The molecule has 5 nitrogen and oxygen atoms in total. The maximum Gasteiger partial charge on any atom is 0.278 e. The predicted molar refractivity (Wildman–Crippen MR) is 65.6 cm³/mol. The number of hydrogen-bond donors (Lipinski definition) is 1. The van der Waals surface area contributed by atoms with Crippen molar-refractivity contribution in [3.63, 3.8) is 0 Å². The van der Waals surface area contributed by atoms with Crippen molar-refractivity contribution in [1.82, 2.24) is 9.97 Å². The summed E-state index contributed by atoms with van der Waals surface area (Å²) in [5.74, 6) is -0.219. The van der Waals surface area contributed by atoms with Gasteiger partial charge in [-0.05, 0) is 18.2 Å². The summed E-state index contributed by atoms with van der Waals surface area (Å²) >= 11 is 0. The molecule has 0 spiro atoms. The lowest BCUT2D eigenvalue weighted by molar-refractivity contribution is 0.0988. The van der Waals surface area contributed by atoms with Crippen molar-refractivity contribution in [2.24, 2.45) is 0 Å². The second-order valence-electron chi connectivity index (χ2n) is 3.55. The van der Waals surface area contributed by atoms with Crippen LogP contribution in [0.2, 0.25) is 0 Å². The quantitative estimate of drug-likeness (QED) is 0.787. The first-order chi connectivity index (χ1) is 8.18. The van der Waals surface area contributed by atoms with Crippen LogP contribution in [0, 0.1) is 0 Å². The minimum Gasteiger partial charge on any atom is -0.399 e. The molecule has 0 aliphatic carbocycles. The smallest absolute Gasteiger partial charge is 0.278 e. The van der Waals surface area contributed by atoms with E-state index in [-0.39, 0.29) is 5.91 Å². The van der Waals surface area contributed by atoms with Gasteiger partial charge in [0.25, 0.3) is 5.91 Å². The Morgan fingerprint density at radius 2 is 2.18 bits per heavy atom. The summed E-state index contributed by atoms with van der Waals surface area (Å²) in [5, 5.41) is 0. The second kappa shape index (κ2) is 4.61. The molecule has 2 N–H and O–H groups in total. The number of aromatic nitrogens is 2. The monoisotopic (exact) mass is 228 g/mol. The van der Waals surface area contributed by atoms with E-state index in [1.807, 2.05) is 6.07 Å². The number of nitrogen functional groups attached to an aromatic ring is 1. The first-order valence-electron chi connectivity index (χ1n) is 5.08. The molecule has 0 aliphatic rings. The molecule has 0 fully saturated rings. The molecule has 2 rings (SSSR count). The van der Waals surface area contributed by atoms with Crippen LogP contribution in [0.1, 0.15) is 10.5 Å². The molecule has 0 saturated carbocycles. The van der Waals surface area contributed by atoms with Crippen molar-refractivity contribution in [2.45, 2.75) is 0 Å². The maximum absolute atomic E-state index is 12.0. The predicted octanol–water partition coefficient (Wildman–Crippen LogP) is 1.34. The summed E-state index contributed by atoms with van der Waals surface area (Å²) in [6.45, 7) is 0. The molecule has 0 saturated heterocycles. The second-order valence-corrected chi connectivity index (χ2v) is 3.55. The number of rotatable bonds is 2. The Morgan fingerprint density at radius 1 is 1.35 bits per heavy atom. The molecule has 86 valence electrons. The SMILES string of the molecule is CN(C(=O)c1cnccn1)c1cccc(N)c1. The highest BCUT2D eigenvalue weighted by Crippen LogP contribution is 2.17. The molecule has 0 atom stereocenters. The third-order valence-corrected chi connectivity index (χ3v) is 2.34. The van der Waals surface area contributed by atoms with E-state index >= 15 is 0 Å². The van der Waals surface area contributed by atoms with Gasteiger partial charge < -0.3 is 10.6 Å². The van der Waals surface area contributed by atoms with Crippen molar-refractivity contribution in [1.29, 1.82) is 0 Å². The summed E-state index contributed by atoms with van der Waals surface area (Å²) < 4.78 is 0. The van der Waals surface area contributed by atoms with Crippen LogP contribution >= 0.6 is 0 Å². The Bertz CT molecular complexity index is 527. The molecule has 1 aromatic heterocycles. The van der Waals surface area contributed by atoms with E-state index in [0.29, 0.717) is 11.4 Å². The Kier molecular flexibility index (Phi) is 3.00. The van der Waals surface area contributed by atoms with Crippen LogP contribution in [0.15, 0.2) is 42.9 Å². The number of nitrogens with two attached hydrogens (primary N) is 1. The number of benzene rings is 1. The van der Waals surface area contributed by atoms with Gasteiger partial charge in [-0.3, -0.25) is 9.78 Å². The van der Waals surface area contributed by atoms with Crippen LogP contribution in [0.5, 0.6) is 0 Å². The summed E-state index contributed by atoms with van der Waals surface area (Å²) in [6, 6.07) is 7.11. The number of carbonyl (C=O) groups is 1. The molecule has 1 amide bonds. The lowest BCUT2D eigenvalue weighted by atomic mass is 10.2. The topological polar surface area (TPSA) is 72.1 Å². The Labute approximate surface area is 98.9 Å². The van der Waals surface area contributed by atoms with Gasteiger partial charge in [-0.2, -0.15) is 0 Å². The van der Waals surface area contributed by atoms with Gasteiger partial charge in [-0.15, -0.1) is 0 Å². The van der Waals surface area contributed by atoms with Crippen LogP contribution in [0.25, 0.3) is 0 Å². The summed E-state index contributed by atoms with van der Waals surface area (Å²) in [5.41, 5.74) is 7.31. The lowest BCUT2D eigenvalue weighted by Crippen LogP contribution is -2.27. The molecule has 17 heavy (non-hydrogen) atoms. The van der Waals surface area contributed by atoms with Crippen LogP contribution in [-0.2, 0) is 0 Å². The Hall–Kier alpha value is -2.43. The average Bonchev–Trinajstić information content (AvgIpc) is 2.38. The highest BCUT2D eigenvalue weighted by Gasteiger charge is 2.14. The van der Waals surface area contributed by atoms with Gasteiger partial charge in [0.1, 0.15) is 5.69 Å². The molecule has 5 heteroatoms. The number of amides is 1. The van der Waals surface area contributed by atoms with Crippen molar-refractivity contribution in [3.05, 3.63) is 48.5 Å². The van der Waals surface area contributed by atoms with Gasteiger partial charge in [-0.1, -0.05) is 6.07 Å². The maximum atomic E-state index is 12.0. The summed E-state index contributed by atoms with van der Waals surface area (Å²) in [4.78, 5) is 21.4. The summed E-state index contributed by atoms with van der Waals surface area (Å²) in [7, 11) is 1.67. The van der Waals surface area contributed by atoms with Gasteiger partial charge in [-0.25, -0.2) is 4.98 Å². The first-order valence-corrected chi connectivity index (χ1v) is 5.08. The van der Waals surface area contributed by atoms with Gasteiger partial charge in [0.05, 0.1) is 6.20 Å². The fraction of sp³-hybridized carbons (Fsp3) is 0.0833. The van der Waals surface area contributed by atoms with E-state index in [9.17, 15) is 4.79 Å². The van der Waals surface area contributed by atoms with E-state index in [4.69, 9.17) is 5.73 Å². The zero-order chi connectivity index (χ0) is 12.3. The Morgan fingerprint density at radius 3 is 2.82 bits per heavy atom. The molecular formula is C12H12N4O. The number of nitrogens with zero attached hydrogens (tertiary/aromatic N) is 3. The number of anilines is 2. The molecular weight excluding hydrogens is 216 g/mol. The molecule has 0 unspecified atom stereocenters. The number of carbonyl (C=O) groups excluding carboxylic acids is 1. The zero-order valence-corrected chi connectivity index (χ0v) is 9.37. The standard InChI is InChI=1S/C12H12N4O/c1-16(10-4-2-3-9(13)7-10)12(17)11-8-14-5-6-15-11/h2-8H,13H2,1H3. The normalized spacial score (nSPS) is 9.94. The zero-order valence-electron chi connectivity index (χ0n) is 9.37. The van der Waals surface area contributed by atoms with E-state index in [0.717, 1.165) is 5.69 Å². The van der Waals surface area contributed by atoms with E-state index in [2.05, 4.69) is 9.97 Å².